The SMILES string of the molecule is Cn1cnc(S(=O)(=O)N(C2CC2)[C@H]2CCC3=Cc4c(nnn4-c4ccc(F)nc4)C[C@]3(C(=O)c3cc(F)ccn3)C2)n1. The number of rotatable bonds is 7. The number of aromatic nitrogens is 8. The van der Waals surface area contributed by atoms with Crippen LogP contribution in [0, 0.1) is 17.2 Å². The van der Waals surface area contributed by atoms with E-state index in [0.717, 1.165) is 17.7 Å². The monoisotopic (exact) mass is 593 g/mol. The molecule has 0 radical (unpaired) electrons. The summed E-state index contributed by atoms with van der Waals surface area (Å²) in [6.45, 7) is 0. The Hall–Kier alpha value is -4.24. The van der Waals surface area contributed by atoms with E-state index in [1.807, 2.05) is 6.08 Å². The molecule has 0 aromatic carbocycles. The number of ketones is 1. The number of carbonyl (C=O) groups is 1. The molecule has 12 nitrogen and oxygen atoms in total. The van der Waals surface area contributed by atoms with Gasteiger partial charge in [0.15, 0.2) is 5.78 Å². The number of carbonyl (C=O) groups excluding carboxylic acids is 1. The van der Waals surface area contributed by atoms with Crippen LogP contribution in [0.5, 0.6) is 0 Å². The van der Waals surface area contributed by atoms with Gasteiger partial charge in [0, 0.05) is 37.8 Å². The Morgan fingerprint density at radius 2 is 1.93 bits per heavy atom. The van der Waals surface area contributed by atoms with Crippen LogP contribution in [0.3, 0.4) is 0 Å². The predicted octanol–water partition coefficient (Wildman–Crippen LogP) is 2.68. The largest absolute Gasteiger partial charge is 0.291 e. The van der Waals surface area contributed by atoms with Crippen LogP contribution in [0.15, 0.2) is 53.7 Å². The third-order valence-corrected chi connectivity index (χ3v) is 10.0. The maximum Gasteiger partial charge on any atom is 0.282 e. The number of aryl methyl sites for hydroxylation is 1. The van der Waals surface area contributed by atoms with E-state index in [1.165, 1.54) is 44.5 Å². The van der Waals surface area contributed by atoms with Crippen LogP contribution < -0.4 is 0 Å². The third-order valence-electron chi connectivity index (χ3n) is 8.20. The highest BCUT2D eigenvalue weighted by molar-refractivity contribution is 7.89. The Bertz CT molecular complexity index is 1850. The van der Waals surface area contributed by atoms with E-state index in [4.69, 9.17) is 0 Å². The first-order valence-electron chi connectivity index (χ1n) is 13.5. The number of halogens is 2. The topological polar surface area (TPSA) is 142 Å². The van der Waals surface area contributed by atoms with Crippen molar-refractivity contribution in [3.05, 3.63) is 77.4 Å². The van der Waals surface area contributed by atoms with Crippen LogP contribution in [-0.2, 0) is 23.5 Å². The maximum atomic E-state index is 14.3. The average Bonchev–Trinajstić information content (AvgIpc) is 3.55. The van der Waals surface area contributed by atoms with E-state index < -0.39 is 39.0 Å². The van der Waals surface area contributed by atoms with E-state index in [1.54, 1.807) is 7.05 Å². The smallest absolute Gasteiger partial charge is 0.282 e. The number of hydrogen-bond donors (Lipinski definition) is 0. The van der Waals surface area contributed by atoms with Gasteiger partial charge in [-0.25, -0.2) is 27.5 Å². The summed E-state index contributed by atoms with van der Waals surface area (Å²) in [4.78, 5) is 26.2. The zero-order chi connectivity index (χ0) is 29.2. The highest BCUT2D eigenvalue weighted by Crippen LogP contribution is 2.52. The molecule has 0 spiro atoms. The van der Waals surface area contributed by atoms with Gasteiger partial charge in [-0.1, -0.05) is 10.8 Å². The standard InChI is InChI=1S/C27H25F2N9O3S/c1-36-15-32-26(34-36)42(40,41)38(18-4-5-18)19-3-2-16-10-23-22(33-35-37(23)20-6-7-24(29)31-14-20)13-27(16,12-19)25(39)21-11-17(28)8-9-30-21/h6-11,14-15,18-19H,2-5,12-13H2,1H3/t19-,27+/m0/s1. The van der Waals surface area contributed by atoms with Gasteiger partial charge >= 0.3 is 0 Å². The molecule has 7 rings (SSSR count). The molecule has 2 saturated carbocycles. The lowest BCUT2D eigenvalue weighted by atomic mass is 9.61. The van der Waals surface area contributed by atoms with E-state index in [2.05, 4.69) is 30.4 Å². The van der Waals surface area contributed by atoms with Crippen molar-refractivity contribution in [2.24, 2.45) is 12.5 Å². The molecule has 15 heteroatoms. The van der Waals surface area contributed by atoms with Crippen LogP contribution in [-0.4, -0.2) is 70.3 Å². The molecule has 0 bridgehead atoms. The fourth-order valence-electron chi connectivity index (χ4n) is 6.18. The lowest BCUT2D eigenvalue weighted by molar-refractivity contribution is 0.0730. The van der Waals surface area contributed by atoms with E-state index in [-0.39, 0.29) is 29.7 Å². The number of fused-ring (bicyclic) bond motifs is 2. The van der Waals surface area contributed by atoms with Crippen LogP contribution >= 0.6 is 0 Å². The van der Waals surface area contributed by atoms with Gasteiger partial charge in [0.1, 0.15) is 17.8 Å². The van der Waals surface area contributed by atoms with E-state index in [9.17, 15) is 22.0 Å². The maximum absolute atomic E-state index is 14.3. The number of hydrogen-bond acceptors (Lipinski definition) is 9. The second kappa shape index (κ2) is 9.66. The van der Waals surface area contributed by atoms with E-state index in [0.29, 0.717) is 42.8 Å². The van der Waals surface area contributed by atoms with Crippen LogP contribution in [0.25, 0.3) is 11.8 Å². The molecule has 4 aromatic heterocycles. The number of pyridine rings is 2. The van der Waals surface area contributed by atoms with Crippen molar-refractivity contribution in [1.29, 1.82) is 0 Å². The van der Waals surface area contributed by atoms with Crippen LogP contribution in [0.1, 0.15) is 54.0 Å². The molecule has 3 aliphatic rings. The van der Waals surface area contributed by atoms with Crippen LogP contribution in [0.2, 0.25) is 0 Å². The summed E-state index contributed by atoms with van der Waals surface area (Å²) in [7, 11) is -2.46. The summed E-state index contributed by atoms with van der Waals surface area (Å²) in [5.41, 5.74) is 1.09. The van der Waals surface area contributed by atoms with Crippen molar-refractivity contribution in [1.82, 2.24) is 44.0 Å². The fourth-order valence-corrected chi connectivity index (χ4v) is 7.96. The molecule has 2 fully saturated rings. The van der Waals surface area contributed by atoms with E-state index >= 15 is 0 Å². The molecular weight excluding hydrogens is 568 g/mol. The van der Waals surface area contributed by atoms with Gasteiger partial charge in [-0.2, -0.15) is 8.70 Å². The summed E-state index contributed by atoms with van der Waals surface area (Å²) in [5.74, 6) is -1.64. The molecule has 0 aliphatic heterocycles. The van der Waals surface area contributed by atoms with Crippen molar-refractivity contribution in [3.8, 4) is 5.69 Å². The summed E-state index contributed by atoms with van der Waals surface area (Å²) in [6, 6.07) is 4.25. The second-order valence-corrected chi connectivity index (χ2v) is 12.7. The van der Waals surface area contributed by atoms with Crippen molar-refractivity contribution < 1.29 is 22.0 Å². The summed E-state index contributed by atoms with van der Waals surface area (Å²) in [5, 5.41) is 12.4. The third kappa shape index (κ3) is 4.34. The van der Waals surface area contributed by atoms with Gasteiger partial charge in [0.05, 0.1) is 28.7 Å². The number of allylic oxidation sites excluding steroid dienone is 1. The molecular formula is C27H25F2N9O3S. The normalized spacial score (nSPS) is 22.0. The number of sulfonamides is 1. The molecule has 4 aromatic rings. The van der Waals surface area contributed by atoms with Crippen molar-refractivity contribution >= 4 is 21.9 Å². The molecule has 3 aliphatic carbocycles. The predicted molar refractivity (Wildman–Crippen MR) is 142 cm³/mol. The van der Waals surface area contributed by atoms with Gasteiger partial charge in [-0.05, 0) is 56.4 Å². The summed E-state index contributed by atoms with van der Waals surface area (Å²) in [6.07, 6.45) is 8.25. The van der Waals surface area contributed by atoms with Crippen molar-refractivity contribution in [2.45, 2.75) is 55.8 Å². The highest BCUT2D eigenvalue weighted by atomic mass is 32.2. The Labute approximate surface area is 239 Å². The molecule has 0 unspecified atom stereocenters. The Balaban J connectivity index is 1.32. The first-order valence-corrected chi connectivity index (χ1v) is 14.9. The minimum Gasteiger partial charge on any atom is -0.291 e. The van der Waals surface area contributed by atoms with Crippen LogP contribution in [0.4, 0.5) is 8.78 Å². The fraction of sp³-hybridized carbons (Fsp3) is 0.370. The first-order chi connectivity index (χ1) is 20.2. The van der Waals surface area contributed by atoms with Crippen molar-refractivity contribution in [2.75, 3.05) is 0 Å². The Morgan fingerprint density at radius 1 is 1.10 bits per heavy atom. The highest BCUT2D eigenvalue weighted by Gasteiger charge is 2.54. The zero-order valence-electron chi connectivity index (χ0n) is 22.4. The lowest BCUT2D eigenvalue weighted by Gasteiger charge is -2.46. The Morgan fingerprint density at radius 3 is 2.62 bits per heavy atom. The van der Waals surface area contributed by atoms with Gasteiger partial charge in [-0.15, -0.1) is 10.2 Å². The molecule has 0 N–H and O–H groups in total. The van der Waals surface area contributed by atoms with Crippen molar-refractivity contribution in [3.63, 3.8) is 0 Å². The van der Waals surface area contributed by atoms with Gasteiger partial charge < -0.3 is 0 Å². The molecule has 2 atom stereocenters. The molecule has 42 heavy (non-hydrogen) atoms. The molecule has 4 heterocycles. The van der Waals surface area contributed by atoms with Gasteiger partial charge in [0.25, 0.3) is 15.2 Å². The second-order valence-electron chi connectivity index (χ2n) is 11.0. The zero-order valence-corrected chi connectivity index (χ0v) is 23.2. The first kappa shape index (κ1) is 26.6. The molecule has 0 amide bonds. The Kier molecular flexibility index (Phi) is 6.13. The molecule has 216 valence electrons. The summed E-state index contributed by atoms with van der Waals surface area (Å²) < 4.78 is 59.7. The average molecular weight is 594 g/mol. The minimum atomic E-state index is -4.06. The number of Topliss-reactive ketones (excluding diaryl/α,β-unsaturated/α-hetero) is 1. The summed E-state index contributed by atoms with van der Waals surface area (Å²) >= 11 is 0. The number of nitrogens with zero attached hydrogens (tertiary/aromatic N) is 9. The van der Waals surface area contributed by atoms with Gasteiger partial charge in [0.2, 0.25) is 5.95 Å². The van der Waals surface area contributed by atoms with Gasteiger partial charge in [-0.3, -0.25) is 14.5 Å². The quantitative estimate of drug-likeness (QED) is 0.234. The molecule has 0 saturated heterocycles. The minimum absolute atomic E-state index is 0.0488. The lowest BCUT2D eigenvalue weighted by Crippen LogP contribution is -2.51.